The van der Waals surface area contributed by atoms with Crippen molar-refractivity contribution in [2.75, 3.05) is 40.6 Å². The predicted octanol–water partition coefficient (Wildman–Crippen LogP) is 0.966. The molecule has 3 N–H and O–H groups in total. The minimum Gasteiger partial charge on any atom is -0.493 e. The van der Waals surface area contributed by atoms with Crippen LogP contribution in [0.3, 0.4) is 0 Å². The number of benzene rings is 1. The number of amides is 1. The number of anilines is 1. The molecule has 0 heterocycles. The lowest BCUT2D eigenvalue weighted by molar-refractivity contribution is 0.0935. The van der Waals surface area contributed by atoms with Gasteiger partial charge >= 0.3 is 0 Å². The van der Waals surface area contributed by atoms with E-state index in [9.17, 15) is 4.79 Å². The molecular weight excluding hydrogens is 258 g/mol. The van der Waals surface area contributed by atoms with Crippen LogP contribution in [0.25, 0.3) is 0 Å². The van der Waals surface area contributed by atoms with Gasteiger partial charge < -0.3 is 25.4 Å². The summed E-state index contributed by atoms with van der Waals surface area (Å²) >= 11 is 0. The molecule has 0 radical (unpaired) electrons. The van der Waals surface area contributed by atoms with Crippen LogP contribution in [0.2, 0.25) is 0 Å². The molecule has 0 spiro atoms. The third-order valence-corrected chi connectivity index (χ3v) is 2.82. The van der Waals surface area contributed by atoms with E-state index < -0.39 is 0 Å². The summed E-state index contributed by atoms with van der Waals surface area (Å²) in [6.07, 6.45) is 0. The van der Waals surface area contributed by atoms with Gasteiger partial charge in [-0.2, -0.15) is 0 Å². The number of hydrogen-bond donors (Lipinski definition) is 2. The number of ether oxygens (including phenoxy) is 2. The Hall–Kier alpha value is -1.95. The normalized spacial score (nSPS) is 12.1. The van der Waals surface area contributed by atoms with Gasteiger partial charge in [0.2, 0.25) is 0 Å². The van der Waals surface area contributed by atoms with Crippen LogP contribution in [-0.2, 0) is 0 Å². The van der Waals surface area contributed by atoms with Crippen LogP contribution in [0.15, 0.2) is 12.1 Å². The molecule has 6 nitrogen and oxygen atoms in total. The van der Waals surface area contributed by atoms with E-state index >= 15 is 0 Å². The number of nitrogen functional groups attached to an aromatic ring is 1. The minimum atomic E-state index is -0.224. The van der Waals surface area contributed by atoms with E-state index in [0.717, 1.165) is 6.54 Å². The fourth-order valence-corrected chi connectivity index (χ4v) is 1.99. The molecule has 1 unspecified atom stereocenters. The van der Waals surface area contributed by atoms with Crippen molar-refractivity contribution in [2.45, 2.75) is 13.0 Å². The number of likely N-dealkylation sites (N-methyl/N-ethyl adjacent to an activating group) is 1. The fourth-order valence-electron chi connectivity index (χ4n) is 1.99. The second-order valence-corrected chi connectivity index (χ2v) is 4.93. The molecule has 0 aliphatic rings. The number of rotatable bonds is 6. The highest BCUT2D eigenvalue weighted by Gasteiger charge is 2.17. The maximum absolute atomic E-state index is 12.2. The average Bonchev–Trinajstić information content (AvgIpc) is 2.36. The number of carbonyl (C=O) groups is 1. The van der Waals surface area contributed by atoms with E-state index in [0.29, 0.717) is 22.7 Å². The molecule has 1 aromatic carbocycles. The summed E-state index contributed by atoms with van der Waals surface area (Å²) in [5.74, 6) is 0.757. The first-order valence-electron chi connectivity index (χ1n) is 6.36. The fraction of sp³-hybridized carbons (Fsp3) is 0.500. The summed E-state index contributed by atoms with van der Waals surface area (Å²) in [6.45, 7) is 2.69. The number of nitrogens with two attached hydrogens (primary N) is 1. The van der Waals surface area contributed by atoms with Gasteiger partial charge in [0.05, 0.1) is 19.8 Å². The highest BCUT2D eigenvalue weighted by Crippen LogP contribution is 2.31. The SMILES string of the molecule is COc1cc(N)c(C(=O)NC(C)CN(C)C)cc1OC. The average molecular weight is 281 g/mol. The Balaban J connectivity index is 2.93. The van der Waals surface area contributed by atoms with Gasteiger partial charge in [-0.3, -0.25) is 4.79 Å². The van der Waals surface area contributed by atoms with Crippen LogP contribution < -0.4 is 20.5 Å². The molecule has 112 valence electrons. The number of hydrogen-bond acceptors (Lipinski definition) is 5. The Labute approximate surface area is 119 Å². The summed E-state index contributed by atoms with van der Waals surface area (Å²) < 4.78 is 10.3. The molecule has 1 atom stereocenters. The van der Waals surface area contributed by atoms with E-state index in [4.69, 9.17) is 15.2 Å². The van der Waals surface area contributed by atoms with Crippen LogP contribution >= 0.6 is 0 Å². The van der Waals surface area contributed by atoms with Gasteiger partial charge in [0.1, 0.15) is 0 Å². The third-order valence-electron chi connectivity index (χ3n) is 2.82. The summed E-state index contributed by atoms with van der Waals surface area (Å²) in [6, 6.07) is 3.20. The van der Waals surface area contributed by atoms with Crippen LogP contribution in [0, 0.1) is 0 Å². The Morgan fingerprint density at radius 1 is 1.30 bits per heavy atom. The first-order valence-corrected chi connectivity index (χ1v) is 6.36. The van der Waals surface area contributed by atoms with Crippen LogP contribution in [0.5, 0.6) is 11.5 Å². The largest absolute Gasteiger partial charge is 0.493 e. The maximum Gasteiger partial charge on any atom is 0.253 e. The molecule has 1 aromatic rings. The van der Waals surface area contributed by atoms with Gasteiger partial charge in [-0.1, -0.05) is 0 Å². The van der Waals surface area contributed by atoms with E-state index in [1.807, 2.05) is 25.9 Å². The third kappa shape index (κ3) is 4.03. The highest BCUT2D eigenvalue weighted by atomic mass is 16.5. The zero-order valence-corrected chi connectivity index (χ0v) is 12.7. The van der Waals surface area contributed by atoms with Crippen molar-refractivity contribution >= 4 is 11.6 Å². The van der Waals surface area contributed by atoms with Gasteiger partial charge in [0, 0.05) is 24.3 Å². The van der Waals surface area contributed by atoms with Crippen molar-refractivity contribution in [3.05, 3.63) is 17.7 Å². The zero-order valence-electron chi connectivity index (χ0n) is 12.7. The molecule has 0 bridgehead atoms. The molecular formula is C14H23N3O3. The lowest BCUT2D eigenvalue weighted by Gasteiger charge is -2.19. The standard InChI is InChI=1S/C14H23N3O3/c1-9(8-17(2)3)16-14(18)10-6-12(19-4)13(20-5)7-11(10)15/h6-7,9H,8,15H2,1-5H3,(H,16,18). The second kappa shape index (κ2) is 7.00. The van der Waals surface area contributed by atoms with Gasteiger partial charge in [-0.25, -0.2) is 0 Å². The van der Waals surface area contributed by atoms with Crippen molar-refractivity contribution in [1.29, 1.82) is 0 Å². The zero-order chi connectivity index (χ0) is 15.3. The van der Waals surface area contributed by atoms with Crippen molar-refractivity contribution in [3.8, 4) is 11.5 Å². The van der Waals surface area contributed by atoms with E-state index in [1.165, 1.54) is 14.2 Å². The molecule has 0 saturated carbocycles. The van der Waals surface area contributed by atoms with Crippen molar-refractivity contribution in [2.24, 2.45) is 0 Å². The summed E-state index contributed by atoms with van der Waals surface area (Å²) in [5.41, 5.74) is 6.63. The number of methoxy groups -OCH3 is 2. The van der Waals surface area contributed by atoms with Gasteiger partial charge in [0.15, 0.2) is 11.5 Å². The van der Waals surface area contributed by atoms with Crippen molar-refractivity contribution in [3.63, 3.8) is 0 Å². The second-order valence-electron chi connectivity index (χ2n) is 4.93. The van der Waals surface area contributed by atoms with Gasteiger partial charge in [0.25, 0.3) is 5.91 Å². The molecule has 1 rings (SSSR count). The molecule has 0 fully saturated rings. The van der Waals surface area contributed by atoms with Crippen LogP contribution in [0.1, 0.15) is 17.3 Å². The summed E-state index contributed by atoms with van der Waals surface area (Å²) in [4.78, 5) is 14.2. The lowest BCUT2D eigenvalue weighted by Crippen LogP contribution is -2.39. The molecule has 0 aliphatic heterocycles. The molecule has 1 amide bonds. The summed E-state index contributed by atoms with van der Waals surface area (Å²) in [7, 11) is 6.95. The molecule has 0 saturated heterocycles. The van der Waals surface area contributed by atoms with E-state index in [2.05, 4.69) is 5.32 Å². The molecule has 20 heavy (non-hydrogen) atoms. The van der Waals surface area contributed by atoms with Crippen molar-refractivity contribution < 1.29 is 14.3 Å². The molecule has 0 aliphatic carbocycles. The molecule has 0 aromatic heterocycles. The monoisotopic (exact) mass is 281 g/mol. The maximum atomic E-state index is 12.2. The van der Waals surface area contributed by atoms with Gasteiger partial charge in [-0.15, -0.1) is 0 Å². The Morgan fingerprint density at radius 2 is 1.85 bits per heavy atom. The van der Waals surface area contributed by atoms with Crippen molar-refractivity contribution in [1.82, 2.24) is 10.2 Å². The molecule has 6 heteroatoms. The number of nitrogens with one attached hydrogen (secondary N) is 1. The van der Waals surface area contributed by atoms with Crippen LogP contribution in [0.4, 0.5) is 5.69 Å². The Morgan fingerprint density at radius 3 is 2.35 bits per heavy atom. The topological polar surface area (TPSA) is 76.8 Å². The minimum absolute atomic E-state index is 0.0185. The Bertz CT molecular complexity index is 475. The number of nitrogens with zero attached hydrogens (tertiary/aromatic N) is 1. The summed E-state index contributed by atoms with van der Waals surface area (Å²) in [5, 5.41) is 2.90. The van der Waals surface area contributed by atoms with Gasteiger partial charge in [-0.05, 0) is 27.1 Å². The Kier molecular flexibility index (Phi) is 5.64. The highest BCUT2D eigenvalue weighted by molar-refractivity contribution is 6.00. The first kappa shape index (κ1) is 16.1. The predicted molar refractivity (Wildman–Crippen MR) is 79.4 cm³/mol. The van der Waals surface area contributed by atoms with E-state index in [1.54, 1.807) is 12.1 Å². The quantitative estimate of drug-likeness (QED) is 0.760. The van der Waals surface area contributed by atoms with Crippen LogP contribution in [-0.4, -0.2) is 51.7 Å². The lowest BCUT2D eigenvalue weighted by atomic mass is 10.1. The smallest absolute Gasteiger partial charge is 0.253 e. The number of carbonyl (C=O) groups excluding carboxylic acids is 1. The first-order chi connectivity index (χ1) is 9.38. The van der Waals surface area contributed by atoms with E-state index in [-0.39, 0.29) is 11.9 Å².